The van der Waals surface area contributed by atoms with E-state index in [2.05, 4.69) is 10.3 Å². The number of anilines is 1. The third-order valence-electron chi connectivity index (χ3n) is 3.79. The largest absolute Gasteiger partial charge is 0.465 e. The molecule has 1 atom stereocenters. The van der Waals surface area contributed by atoms with E-state index < -0.39 is 6.09 Å². The second-order valence-corrected chi connectivity index (χ2v) is 5.19. The molecule has 2 N–H and O–H groups in total. The number of amides is 1. The van der Waals surface area contributed by atoms with Gasteiger partial charge in [0.2, 0.25) is 0 Å². The van der Waals surface area contributed by atoms with Gasteiger partial charge in [0.15, 0.2) is 0 Å². The van der Waals surface area contributed by atoms with Gasteiger partial charge in [0.05, 0.1) is 5.52 Å². The van der Waals surface area contributed by atoms with Crippen molar-refractivity contribution in [3.05, 3.63) is 36.0 Å². The average Bonchev–Trinajstić information content (AvgIpc) is 2.89. The molecule has 104 valence electrons. The summed E-state index contributed by atoms with van der Waals surface area (Å²) in [4.78, 5) is 16.8. The maximum Gasteiger partial charge on any atom is 0.407 e. The number of hydrogen-bond acceptors (Lipinski definition) is 3. The molecule has 0 bridgehead atoms. The van der Waals surface area contributed by atoms with Gasteiger partial charge in [-0.2, -0.15) is 0 Å². The van der Waals surface area contributed by atoms with Gasteiger partial charge >= 0.3 is 6.09 Å². The lowest BCUT2D eigenvalue weighted by Gasteiger charge is -2.16. The Hall–Kier alpha value is -2.30. The van der Waals surface area contributed by atoms with Crippen LogP contribution in [0.3, 0.4) is 0 Å². The van der Waals surface area contributed by atoms with E-state index in [0.29, 0.717) is 13.1 Å². The van der Waals surface area contributed by atoms with Crippen molar-refractivity contribution in [3.63, 3.8) is 0 Å². The van der Waals surface area contributed by atoms with Crippen LogP contribution in [0.5, 0.6) is 0 Å². The quantitative estimate of drug-likeness (QED) is 0.881. The fourth-order valence-corrected chi connectivity index (χ4v) is 2.72. The molecule has 0 aliphatic carbocycles. The summed E-state index contributed by atoms with van der Waals surface area (Å²) in [7, 11) is 0. The predicted octanol–water partition coefficient (Wildman–Crippen LogP) is 2.71. The van der Waals surface area contributed by atoms with Crippen molar-refractivity contribution in [2.24, 2.45) is 0 Å². The molecule has 1 aliphatic heterocycles. The molecule has 1 aliphatic rings. The van der Waals surface area contributed by atoms with Crippen LogP contribution < -0.4 is 5.32 Å². The molecule has 1 fully saturated rings. The number of likely N-dealkylation sites (tertiary alicyclic amines) is 1. The smallest absolute Gasteiger partial charge is 0.407 e. The van der Waals surface area contributed by atoms with Crippen LogP contribution in [0.1, 0.15) is 12.0 Å². The molecule has 1 aromatic carbocycles. The monoisotopic (exact) mass is 271 g/mol. The summed E-state index contributed by atoms with van der Waals surface area (Å²) in [6, 6.07) is 8.22. The normalized spacial score (nSPS) is 18.4. The van der Waals surface area contributed by atoms with E-state index in [-0.39, 0.29) is 6.04 Å². The second-order valence-electron chi connectivity index (χ2n) is 5.19. The van der Waals surface area contributed by atoms with Crippen LogP contribution in [0, 0.1) is 6.92 Å². The maximum absolute atomic E-state index is 10.9. The van der Waals surface area contributed by atoms with Gasteiger partial charge in [-0.25, -0.2) is 4.79 Å². The van der Waals surface area contributed by atoms with Gasteiger partial charge in [0.1, 0.15) is 0 Å². The Morgan fingerprint density at radius 3 is 3.05 bits per heavy atom. The van der Waals surface area contributed by atoms with Crippen LogP contribution in [0.2, 0.25) is 0 Å². The molecule has 2 heterocycles. The molecule has 1 saturated heterocycles. The Labute approximate surface area is 117 Å². The molecule has 5 heteroatoms. The summed E-state index contributed by atoms with van der Waals surface area (Å²) in [6.07, 6.45) is 1.79. The van der Waals surface area contributed by atoms with Crippen molar-refractivity contribution in [3.8, 4) is 0 Å². The maximum atomic E-state index is 10.9. The first kappa shape index (κ1) is 12.7. The Morgan fingerprint density at radius 1 is 1.45 bits per heavy atom. The Morgan fingerprint density at radius 2 is 2.30 bits per heavy atom. The molecule has 1 amide bonds. The van der Waals surface area contributed by atoms with E-state index in [1.165, 1.54) is 4.90 Å². The Kier molecular flexibility index (Phi) is 3.18. The number of hydrogen-bond donors (Lipinski definition) is 2. The third kappa shape index (κ3) is 2.27. The van der Waals surface area contributed by atoms with Crippen molar-refractivity contribution >= 4 is 22.7 Å². The highest BCUT2D eigenvalue weighted by Crippen LogP contribution is 2.25. The van der Waals surface area contributed by atoms with E-state index in [0.717, 1.165) is 28.6 Å². The predicted molar refractivity (Wildman–Crippen MR) is 78.1 cm³/mol. The highest BCUT2D eigenvalue weighted by molar-refractivity contribution is 5.92. The summed E-state index contributed by atoms with van der Waals surface area (Å²) in [5.74, 6) is 0. The highest BCUT2D eigenvalue weighted by Gasteiger charge is 2.25. The second kappa shape index (κ2) is 5.00. The summed E-state index contributed by atoms with van der Waals surface area (Å²) >= 11 is 0. The number of nitrogens with zero attached hydrogens (tertiary/aromatic N) is 2. The van der Waals surface area contributed by atoms with E-state index in [9.17, 15) is 4.79 Å². The number of fused-ring (bicyclic) bond motifs is 1. The lowest BCUT2D eigenvalue weighted by molar-refractivity contribution is 0.155. The van der Waals surface area contributed by atoms with Crippen LogP contribution in [0.15, 0.2) is 30.5 Å². The lowest BCUT2D eigenvalue weighted by atomic mass is 10.1. The van der Waals surface area contributed by atoms with Crippen molar-refractivity contribution in [2.75, 3.05) is 18.4 Å². The number of rotatable bonds is 2. The molecule has 0 saturated carbocycles. The number of para-hydroxylation sites is 1. The molecule has 20 heavy (non-hydrogen) atoms. The summed E-state index contributed by atoms with van der Waals surface area (Å²) in [6.45, 7) is 3.17. The number of aromatic nitrogens is 1. The molecule has 1 aromatic heterocycles. The van der Waals surface area contributed by atoms with Crippen LogP contribution in [-0.4, -0.2) is 40.2 Å². The summed E-state index contributed by atoms with van der Waals surface area (Å²) < 4.78 is 0. The SMILES string of the molecule is Cc1cccc2c(N[C@@H]3CCN(C(=O)O)C3)ccnc12. The molecule has 0 radical (unpaired) electrons. The zero-order chi connectivity index (χ0) is 14.1. The van der Waals surface area contributed by atoms with E-state index in [1.807, 2.05) is 31.2 Å². The average molecular weight is 271 g/mol. The van der Waals surface area contributed by atoms with Gasteiger partial charge in [0.25, 0.3) is 0 Å². The van der Waals surface area contributed by atoms with Crippen molar-refractivity contribution in [2.45, 2.75) is 19.4 Å². The van der Waals surface area contributed by atoms with Gasteiger partial charge in [-0.05, 0) is 25.0 Å². The first-order chi connectivity index (χ1) is 9.65. The molecule has 3 rings (SSSR count). The van der Waals surface area contributed by atoms with Crippen molar-refractivity contribution in [1.29, 1.82) is 0 Å². The fraction of sp³-hybridized carbons (Fsp3) is 0.333. The van der Waals surface area contributed by atoms with Gasteiger partial charge in [-0.3, -0.25) is 4.98 Å². The molecule has 5 nitrogen and oxygen atoms in total. The zero-order valence-electron chi connectivity index (χ0n) is 11.3. The molecular weight excluding hydrogens is 254 g/mol. The Bertz CT molecular complexity index is 657. The summed E-state index contributed by atoms with van der Waals surface area (Å²) in [5, 5.41) is 13.5. The van der Waals surface area contributed by atoms with Gasteiger partial charge in [0, 0.05) is 36.4 Å². The highest BCUT2D eigenvalue weighted by atomic mass is 16.4. The number of aryl methyl sites for hydroxylation is 1. The Balaban J connectivity index is 1.85. The van der Waals surface area contributed by atoms with Crippen molar-refractivity contribution in [1.82, 2.24) is 9.88 Å². The molecular formula is C15H17N3O2. The number of benzene rings is 1. The summed E-state index contributed by atoms with van der Waals surface area (Å²) in [5.41, 5.74) is 3.16. The lowest BCUT2D eigenvalue weighted by Crippen LogP contribution is -2.30. The van der Waals surface area contributed by atoms with E-state index in [4.69, 9.17) is 5.11 Å². The van der Waals surface area contributed by atoms with Crippen LogP contribution in [0.25, 0.3) is 10.9 Å². The van der Waals surface area contributed by atoms with E-state index >= 15 is 0 Å². The minimum Gasteiger partial charge on any atom is -0.465 e. The number of nitrogens with one attached hydrogen (secondary N) is 1. The number of pyridine rings is 1. The van der Waals surface area contributed by atoms with Crippen molar-refractivity contribution < 1.29 is 9.90 Å². The molecule has 2 aromatic rings. The number of carbonyl (C=O) groups is 1. The van der Waals surface area contributed by atoms with Crippen LogP contribution >= 0.6 is 0 Å². The first-order valence-electron chi connectivity index (χ1n) is 6.74. The van der Waals surface area contributed by atoms with Gasteiger partial charge in [-0.1, -0.05) is 18.2 Å². The topological polar surface area (TPSA) is 65.5 Å². The molecule has 0 spiro atoms. The van der Waals surface area contributed by atoms with Crippen LogP contribution in [0.4, 0.5) is 10.5 Å². The van der Waals surface area contributed by atoms with Gasteiger partial charge in [-0.15, -0.1) is 0 Å². The van der Waals surface area contributed by atoms with E-state index in [1.54, 1.807) is 6.20 Å². The standard InChI is InChI=1S/C15H17N3O2/c1-10-3-2-4-12-13(5-7-16-14(10)12)17-11-6-8-18(9-11)15(19)20/h2-5,7,11H,6,8-9H2,1H3,(H,16,17)(H,19,20)/t11-/m1/s1. The minimum atomic E-state index is -0.843. The van der Waals surface area contributed by atoms with Gasteiger partial charge < -0.3 is 15.3 Å². The third-order valence-corrected chi connectivity index (χ3v) is 3.79. The molecule has 0 unspecified atom stereocenters. The number of carboxylic acid groups (broad SMARTS) is 1. The first-order valence-corrected chi connectivity index (χ1v) is 6.74. The fourth-order valence-electron chi connectivity index (χ4n) is 2.72. The zero-order valence-corrected chi connectivity index (χ0v) is 11.3. The van der Waals surface area contributed by atoms with Crippen LogP contribution in [-0.2, 0) is 0 Å². The minimum absolute atomic E-state index is 0.164.